The number of urea groups is 1. The monoisotopic (exact) mass is 592 g/mol. The molecule has 0 saturated carbocycles. The van der Waals surface area contributed by atoms with E-state index in [0.29, 0.717) is 32.5 Å². The number of hydrogen-bond acceptors (Lipinski definition) is 6. The number of rotatable bonds is 11. The van der Waals surface area contributed by atoms with E-state index in [2.05, 4.69) is 10.2 Å². The molecule has 0 aromatic heterocycles. The number of ether oxygens (including phenoxy) is 2. The van der Waals surface area contributed by atoms with Crippen molar-refractivity contribution in [2.45, 2.75) is 31.2 Å². The van der Waals surface area contributed by atoms with E-state index in [1.165, 1.54) is 19.2 Å². The van der Waals surface area contributed by atoms with Gasteiger partial charge in [-0.2, -0.15) is 0 Å². The molecule has 0 bridgehead atoms. The minimum atomic E-state index is -1.32. The van der Waals surface area contributed by atoms with Crippen molar-refractivity contribution in [1.82, 2.24) is 20.2 Å². The minimum Gasteiger partial charge on any atom is -0.466 e. The van der Waals surface area contributed by atoms with Gasteiger partial charge in [0.05, 0.1) is 25.0 Å². The molecular formula is C29H32F4N4O5. The Hall–Kier alpha value is -3.97. The highest BCUT2D eigenvalue weighted by atomic mass is 19.2. The number of amides is 3. The van der Waals surface area contributed by atoms with Gasteiger partial charge in [0.25, 0.3) is 0 Å². The summed E-state index contributed by atoms with van der Waals surface area (Å²) in [4.78, 5) is 40.6. The maximum Gasteiger partial charge on any atom is 0.341 e. The van der Waals surface area contributed by atoms with Crippen LogP contribution in [-0.4, -0.2) is 80.3 Å². The van der Waals surface area contributed by atoms with Crippen LogP contribution >= 0.6 is 0 Å². The molecule has 2 aliphatic heterocycles. The van der Waals surface area contributed by atoms with Crippen molar-refractivity contribution >= 4 is 18.4 Å². The molecule has 42 heavy (non-hydrogen) atoms. The smallest absolute Gasteiger partial charge is 0.341 e. The average molecular weight is 593 g/mol. The fourth-order valence-electron chi connectivity index (χ4n) is 5.44. The summed E-state index contributed by atoms with van der Waals surface area (Å²) in [5.74, 6) is -4.81. The first-order chi connectivity index (χ1) is 20.2. The predicted octanol–water partition coefficient (Wildman–Crippen LogP) is 4.03. The van der Waals surface area contributed by atoms with Gasteiger partial charge >= 0.3 is 12.0 Å². The van der Waals surface area contributed by atoms with Crippen LogP contribution in [0.2, 0.25) is 0 Å². The van der Waals surface area contributed by atoms with Crippen LogP contribution in [0.1, 0.15) is 42.3 Å². The van der Waals surface area contributed by atoms with E-state index in [1.54, 1.807) is 6.07 Å². The lowest BCUT2D eigenvalue weighted by Gasteiger charge is -2.42. The molecule has 13 heteroatoms. The molecule has 1 fully saturated rings. The van der Waals surface area contributed by atoms with E-state index in [0.717, 1.165) is 53.7 Å². The first-order valence-corrected chi connectivity index (χ1v) is 13.4. The number of hydrazine groups is 1. The number of methoxy groups -OCH3 is 2. The second-order valence-electron chi connectivity index (χ2n) is 10.1. The topological polar surface area (TPSA) is 91.4 Å². The third-order valence-electron chi connectivity index (χ3n) is 7.53. The van der Waals surface area contributed by atoms with Gasteiger partial charge in [0, 0.05) is 13.7 Å². The van der Waals surface area contributed by atoms with Crippen molar-refractivity contribution < 1.29 is 41.4 Å². The van der Waals surface area contributed by atoms with Gasteiger partial charge in [0.15, 0.2) is 23.3 Å². The molecule has 2 aromatic carbocycles. The zero-order valence-corrected chi connectivity index (χ0v) is 23.2. The summed E-state index contributed by atoms with van der Waals surface area (Å²) < 4.78 is 65.1. The quantitative estimate of drug-likeness (QED) is 0.241. The molecule has 2 aliphatic rings. The number of nitrogens with one attached hydrogen (secondary N) is 1. The number of esters is 1. The van der Waals surface area contributed by atoms with Crippen molar-refractivity contribution in [3.8, 4) is 0 Å². The third kappa shape index (κ3) is 6.73. The van der Waals surface area contributed by atoms with Crippen LogP contribution in [0.3, 0.4) is 0 Å². The number of hydrogen-bond donors (Lipinski definition) is 1. The Kier molecular flexibility index (Phi) is 10.2. The van der Waals surface area contributed by atoms with Gasteiger partial charge in [-0.25, -0.2) is 32.2 Å². The zero-order valence-electron chi connectivity index (χ0n) is 23.2. The molecule has 3 amide bonds. The Labute approximate surface area is 240 Å². The van der Waals surface area contributed by atoms with Gasteiger partial charge in [-0.1, -0.05) is 12.1 Å². The molecule has 0 spiro atoms. The van der Waals surface area contributed by atoms with Crippen LogP contribution in [0, 0.1) is 23.3 Å². The highest BCUT2D eigenvalue weighted by Crippen LogP contribution is 2.36. The van der Waals surface area contributed by atoms with E-state index in [-0.39, 0.29) is 35.9 Å². The molecule has 1 unspecified atom stereocenters. The summed E-state index contributed by atoms with van der Waals surface area (Å²) in [6.45, 7) is 1.83. The average Bonchev–Trinajstić information content (AvgIpc) is 2.98. The highest BCUT2D eigenvalue weighted by Gasteiger charge is 2.42. The van der Waals surface area contributed by atoms with Gasteiger partial charge < -0.3 is 19.7 Å². The number of carbonyl (C=O) groups excluding carboxylic acids is 3. The predicted molar refractivity (Wildman–Crippen MR) is 143 cm³/mol. The number of carbonyl (C=O) groups is 3. The second kappa shape index (κ2) is 13.8. The normalized spacial score (nSPS) is 18.2. The summed E-state index contributed by atoms with van der Waals surface area (Å²) in [5, 5.41) is 4.62. The largest absolute Gasteiger partial charge is 0.466 e. The number of piperidine rings is 1. The zero-order chi connectivity index (χ0) is 30.4. The van der Waals surface area contributed by atoms with E-state index in [1.807, 2.05) is 0 Å². The van der Waals surface area contributed by atoms with Crippen LogP contribution < -0.4 is 5.32 Å². The molecule has 0 radical (unpaired) electrons. The van der Waals surface area contributed by atoms with Crippen molar-refractivity contribution in [2.75, 3.05) is 47.0 Å². The van der Waals surface area contributed by atoms with Gasteiger partial charge in [0.1, 0.15) is 6.04 Å². The van der Waals surface area contributed by atoms with Gasteiger partial charge in [-0.3, -0.25) is 9.80 Å². The molecule has 2 aromatic rings. The molecule has 0 aliphatic carbocycles. The molecule has 1 saturated heterocycles. The van der Waals surface area contributed by atoms with Crippen molar-refractivity contribution in [1.29, 1.82) is 0 Å². The summed E-state index contributed by atoms with van der Waals surface area (Å²) >= 11 is 0. The molecule has 4 rings (SSSR count). The Morgan fingerprint density at radius 1 is 1.00 bits per heavy atom. The van der Waals surface area contributed by atoms with Crippen LogP contribution in [0.15, 0.2) is 47.7 Å². The molecule has 1 N–H and O–H groups in total. The highest BCUT2D eigenvalue weighted by molar-refractivity contribution is 5.95. The second-order valence-corrected chi connectivity index (χ2v) is 10.1. The Morgan fingerprint density at radius 2 is 1.62 bits per heavy atom. The lowest BCUT2D eigenvalue weighted by atomic mass is 9.89. The summed E-state index contributed by atoms with van der Waals surface area (Å²) in [7, 11) is 2.49. The minimum absolute atomic E-state index is 0.0453. The van der Waals surface area contributed by atoms with Crippen molar-refractivity contribution in [2.24, 2.45) is 0 Å². The molecular weight excluding hydrogens is 560 g/mol. The first kappa shape index (κ1) is 31.0. The Morgan fingerprint density at radius 3 is 2.19 bits per heavy atom. The third-order valence-corrected chi connectivity index (χ3v) is 7.53. The number of benzene rings is 2. The van der Waals surface area contributed by atoms with E-state index in [9.17, 15) is 31.9 Å². The van der Waals surface area contributed by atoms with Crippen LogP contribution in [-0.2, 0) is 19.1 Å². The Bertz CT molecular complexity index is 1350. The van der Waals surface area contributed by atoms with Crippen LogP contribution in [0.5, 0.6) is 0 Å². The number of halogens is 4. The number of nitrogens with zero attached hydrogens (tertiary/aromatic N) is 3. The first-order valence-electron chi connectivity index (χ1n) is 13.4. The lowest BCUT2D eigenvalue weighted by Crippen LogP contribution is -2.57. The fraction of sp³-hybridized carbons (Fsp3) is 0.414. The Balaban J connectivity index is 1.49. The standard InChI is InChI=1S/C29H32F4N4O5/c1-41-16-25-26(28(39)42-2)27(20-5-7-22(31)24(33)15-20)37(29(40)34-25)36(17-38)11-3-10-35-12-8-18(9-13-35)19-4-6-21(30)23(32)14-19/h4-7,14-15,17-18,27H,3,8-13,16H2,1-2H3,(H,34,40). The van der Waals surface area contributed by atoms with Gasteiger partial charge in [0.2, 0.25) is 6.41 Å². The van der Waals surface area contributed by atoms with Crippen molar-refractivity contribution in [3.05, 3.63) is 82.1 Å². The summed E-state index contributed by atoms with van der Waals surface area (Å²) in [6.07, 6.45) is 2.35. The van der Waals surface area contributed by atoms with Gasteiger partial charge in [-0.15, -0.1) is 0 Å². The molecule has 9 nitrogen and oxygen atoms in total. The molecule has 1 atom stereocenters. The maximum absolute atomic E-state index is 14.3. The maximum atomic E-state index is 14.3. The van der Waals surface area contributed by atoms with Gasteiger partial charge in [-0.05, 0) is 80.2 Å². The lowest BCUT2D eigenvalue weighted by molar-refractivity contribution is -0.141. The fourth-order valence-corrected chi connectivity index (χ4v) is 5.44. The van der Waals surface area contributed by atoms with Crippen LogP contribution in [0.25, 0.3) is 0 Å². The van der Waals surface area contributed by atoms with E-state index < -0.39 is 41.3 Å². The van der Waals surface area contributed by atoms with E-state index in [4.69, 9.17) is 9.47 Å². The summed E-state index contributed by atoms with van der Waals surface area (Å²) in [6, 6.07) is 4.83. The summed E-state index contributed by atoms with van der Waals surface area (Å²) in [5.41, 5.74) is 0.762. The van der Waals surface area contributed by atoms with Crippen molar-refractivity contribution in [3.63, 3.8) is 0 Å². The molecule has 226 valence electrons. The SMILES string of the molecule is COCC1=C(C(=O)OC)C(c2ccc(F)c(F)c2)N(N(C=O)CCCN2CCC(c3ccc(F)c(F)c3)CC2)C(=O)N1. The molecule has 2 heterocycles. The number of likely N-dealkylation sites (tertiary alicyclic amines) is 1. The van der Waals surface area contributed by atoms with E-state index >= 15 is 0 Å². The van der Waals surface area contributed by atoms with Crippen LogP contribution in [0.4, 0.5) is 22.4 Å².